The van der Waals surface area contributed by atoms with Crippen molar-refractivity contribution in [3.05, 3.63) is 52.8 Å². The summed E-state index contributed by atoms with van der Waals surface area (Å²) in [4.78, 5) is 32.0. The molecule has 0 bridgehead atoms. The molecule has 0 spiro atoms. The van der Waals surface area contributed by atoms with Gasteiger partial charge in [0.15, 0.2) is 0 Å². The number of carbonyl (C=O) groups is 1. The highest BCUT2D eigenvalue weighted by Crippen LogP contribution is 2.28. The zero-order valence-electron chi connectivity index (χ0n) is 21.2. The van der Waals surface area contributed by atoms with Gasteiger partial charge in [0.25, 0.3) is 5.91 Å². The molecule has 38 heavy (non-hydrogen) atoms. The van der Waals surface area contributed by atoms with E-state index in [1.807, 2.05) is 29.3 Å². The van der Waals surface area contributed by atoms with Crippen LogP contribution in [0.2, 0.25) is 0 Å². The van der Waals surface area contributed by atoms with Gasteiger partial charge in [0.05, 0.1) is 17.5 Å². The third kappa shape index (κ3) is 6.10. The van der Waals surface area contributed by atoms with Crippen LogP contribution < -0.4 is 16.0 Å². The predicted octanol–water partition coefficient (Wildman–Crippen LogP) is 2.66. The van der Waals surface area contributed by atoms with Crippen LogP contribution >= 0.6 is 11.3 Å². The Bertz CT molecular complexity index is 1290. The molecule has 2 aliphatic heterocycles. The Balaban J connectivity index is 1.13. The molecule has 0 radical (unpaired) electrons. The van der Waals surface area contributed by atoms with Crippen molar-refractivity contribution in [1.29, 1.82) is 5.26 Å². The van der Waals surface area contributed by atoms with Crippen LogP contribution in [0.3, 0.4) is 0 Å². The van der Waals surface area contributed by atoms with Crippen LogP contribution in [0.15, 0.2) is 36.7 Å². The lowest BCUT2D eigenvalue weighted by atomic mass is 9.96. The van der Waals surface area contributed by atoms with E-state index in [9.17, 15) is 15.2 Å². The number of nitrogens with zero attached hydrogens (tertiary/aromatic N) is 6. The van der Waals surface area contributed by atoms with E-state index >= 15 is 0 Å². The Morgan fingerprint density at radius 1 is 1.18 bits per heavy atom. The molecular weight excluding hydrogens is 500 g/mol. The third-order valence-corrected chi connectivity index (χ3v) is 8.22. The molecule has 5 heterocycles. The van der Waals surface area contributed by atoms with Gasteiger partial charge >= 0.3 is 0 Å². The van der Waals surface area contributed by atoms with E-state index in [1.165, 1.54) is 10.9 Å². The molecule has 0 saturated carbocycles. The van der Waals surface area contributed by atoms with Gasteiger partial charge in [-0.05, 0) is 62.9 Å². The van der Waals surface area contributed by atoms with Gasteiger partial charge in [-0.15, -0.1) is 11.3 Å². The number of carbonyl (C=O) groups excluding carboxylic acids is 1. The Kier molecular flexibility index (Phi) is 8.12. The fourth-order valence-electron chi connectivity index (χ4n) is 4.97. The molecule has 5 rings (SSSR count). The SMILES string of the molecule is N#Cc1c(N)cc(C(=O)NCC2CCN(Cc3cnc(-c4ccccn4)s3)CC2)nc1N1CCC(O)CC1. The maximum absolute atomic E-state index is 13.0. The number of piperidine rings is 2. The van der Waals surface area contributed by atoms with Gasteiger partial charge in [-0.25, -0.2) is 9.97 Å². The Morgan fingerprint density at radius 3 is 2.68 bits per heavy atom. The number of amides is 1. The van der Waals surface area contributed by atoms with Crippen LogP contribution in [0, 0.1) is 17.2 Å². The molecule has 2 saturated heterocycles. The summed E-state index contributed by atoms with van der Waals surface area (Å²) < 4.78 is 0. The van der Waals surface area contributed by atoms with E-state index in [4.69, 9.17) is 5.73 Å². The molecule has 11 heteroatoms. The van der Waals surface area contributed by atoms with Gasteiger partial charge in [-0.2, -0.15) is 5.26 Å². The number of nitrogens with one attached hydrogen (secondary N) is 1. The highest BCUT2D eigenvalue weighted by Gasteiger charge is 2.25. The number of aliphatic hydroxyl groups is 1. The largest absolute Gasteiger partial charge is 0.397 e. The number of hydrogen-bond donors (Lipinski definition) is 3. The summed E-state index contributed by atoms with van der Waals surface area (Å²) in [5.74, 6) is 0.528. The monoisotopic (exact) mass is 532 g/mol. The van der Waals surface area contributed by atoms with Gasteiger partial charge < -0.3 is 21.1 Å². The summed E-state index contributed by atoms with van der Waals surface area (Å²) in [6.07, 6.45) is 6.56. The van der Waals surface area contributed by atoms with E-state index in [0.29, 0.717) is 44.2 Å². The fourth-order valence-corrected chi connectivity index (χ4v) is 5.90. The first-order valence-corrected chi connectivity index (χ1v) is 13.8. The van der Waals surface area contributed by atoms with Gasteiger partial charge in [-0.1, -0.05) is 6.07 Å². The molecule has 0 atom stereocenters. The van der Waals surface area contributed by atoms with Crippen LogP contribution in [0.25, 0.3) is 10.7 Å². The summed E-state index contributed by atoms with van der Waals surface area (Å²) in [6, 6.07) is 9.45. The minimum Gasteiger partial charge on any atom is -0.397 e. The fraction of sp³-hybridized carbons (Fsp3) is 0.444. The van der Waals surface area contributed by atoms with Gasteiger partial charge in [0.2, 0.25) is 0 Å². The van der Waals surface area contributed by atoms with E-state index in [1.54, 1.807) is 17.5 Å². The van der Waals surface area contributed by atoms with Crippen molar-refractivity contribution >= 4 is 28.7 Å². The lowest BCUT2D eigenvalue weighted by Crippen LogP contribution is -2.39. The van der Waals surface area contributed by atoms with Gasteiger partial charge in [0.1, 0.15) is 28.2 Å². The second kappa shape index (κ2) is 11.9. The average Bonchev–Trinajstić information content (AvgIpc) is 3.41. The number of anilines is 2. The summed E-state index contributed by atoms with van der Waals surface area (Å²) in [5.41, 5.74) is 7.77. The number of thiazole rings is 1. The number of hydrogen-bond acceptors (Lipinski definition) is 10. The number of aromatic nitrogens is 3. The first-order chi connectivity index (χ1) is 18.5. The molecule has 198 valence electrons. The summed E-state index contributed by atoms with van der Waals surface area (Å²) in [6.45, 7) is 4.50. The highest BCUT2D eigenvalue weighted by atomic mass is 32.1. The van der Waals surface area contributed by atoms with Crippen molar-refractivity contribution in [2.75, 3.05) is 43.4 Å². The zero-order valence-corrected chi connectivity index (χ0v) is 22.0. The Morgan fingerprint density at radius 2 is 1.97 bits per heavy atom. The quantitative estimate of drug-likeness (QED) is 0.418. The predicted molar refractivity (Wildman–Crippen MR) is 146 cm³/mol. The van der Waals surface area contributed by atoms with E-state index in [-0.39, 0.29) is 29.0 Å². The molecule has 2 fully saturated rings. The number of rotatable bonds is 7. The normalized spacial score (nSPS) is 17.3. The minimum atomic E-state index is -0.349. The van der Waals surface area contributed by atoms with Crippen LogP contribution in [-0.2, 0) is 6.54 Å². The average molecular weight is 533 g/mol. The maximum Gasteiger partial charge on any atom is 0.270 e. The number of aliphatic hydroxyl groups excluding tert-OH is 1. The number of pyridine rings is 2. The lowest BCUT2D eigenvalue weighted by molar-refractivity contribution is 0.0930. The van der Waals surface area contributed by atoms with Crippen molar-refractivity contribution in [2.24, 2.45) is 5.92 Å². The second-order valence-electron chi connectivity index (χ2n) is 9.90. The van der Waals surface area contributed by atoms with Crippen LogP contribution in [0.4, 0.5) is 11.5 Å². The van der Waals surface area contributed by atoms with E-state index in [2.05, 4.69) is 31.2 Å². The maximum atomic E-state index is 13.0. The van der Waals surface area contributed by atoms with Crippen molar-refractivity contribution < 1.29 is 9.90 Å². The minimum absolute atomic E-state index is 0.217. The van der Waals surface area contributed by atoms with Crippen LogP contribution in [0.1, 0.15) is 46.6 Å². The third-order valence-electron chi connectivity index (χ3n) is 7.21. The molecule has 4 N–H and O–H groups in total. The van der Waals surface area contributed by atoms with Crippen molar-refractivity contribution in [3.63, 3.8) is 0 Å². The van der Waals surface area contributed by atoms with Crippen molar-refractivity contribution in [3.8, 4) is 16.8 Å². The lowest BCUT2D eigenvalue weighted by Gasteiger charge is -2.32. The van der Waals surface area contributed by atoms with Gasteiger partial charge in [-0.3, -0.25) is 14.7 Å². The molecule has 10 nitrogen and oxygen atoms in total. The number of nitrogens with two attached hydrogens (primary N) is 1. The molecule has 3 aromatic heterocycles. The second-order valence-corrected chi connectivity index (χ2v) is 11.0. The molecule has 1 amide bonds. The van der Waals surface area contributed by atoms with Crippen molar-refractivity contribution in [1.82, 2.24) is 25.2 Å². The molecule has 0 aliphatic carbocycles. The van der Waals surface area contributed by atoms with Crippen LogP contribution in [-0.4, -0.2) is 69.7 Å². The zero-order chi connectivity index (χ0) is 26.5. The number of nitriles is 1. The highest BCUT2D eigenvalue weighted by molar-refractivity contribution is 7.14. The molecule has 0 aromatic carbocycles. The molecular formula is C27H32N8O2S. The first-order valence-electron chi connectivity index (χ1n) is 13.0. The molecule has 2 aliphatic rings. The number of nitrogen functional groups attached to an aromatic ring is 1. The molecule has 3 aromatic rings. The summed E-state index contributed by atoms with van der Waals surface area (Å²) in [7, 11) is 0. The van der Waals surface area contributed by atoms with Crippen molar-refractivity contribution in [2.45, 2.75) is 38.3 Å². The summed E-state index contributed by atoms with van der Waals surface area (Å²) in [5, 5.41) is 23.4. The topological polar surface area (TPSA) is 144 Å². The smallest absolute Gasteiger partial charge is 0.270 e. The van der Waals surface area contributed by atoms with Crippen LogP contribution in [0.5, 0.6) is 0 Å². The van der Waals surface area contributed by atoms with E-state index < -0.39 is 0 Å². The summed E-state index contributed by atoms with van der Waals surface area (Å²) >= 11 is 1.68. The molecule has 0 unspecified atom stereocenters. The Labute approximate surface area is 226 Å². The van der Waals surface area contributed by atoms with E-state index in [0.717, 1.165) is 43.2 Å². The van der Waals surface area contributed by atoms with Gasteiger partial charge in [0, 0.05) is 43.4 Å². The number of likely N-dealkylation sites (tertiary alicyclic amines) is 1. The first kappa shape index (κ1) is 26.0. The Hall–Kier alpha value is -3.59. The standard InChI is InChI=1S/C27H32N8O2S/c28-14-21-22(29)13-24(33-25(21)35-11-6-19(36)7-12-35)26(37)31-15-18-4-9-34(10-5-18)17-20-16-32-27(38-20)23-3-1-2-8-30-23/h1-3,8,13,16,18-19,36H,4-7,9-12,15,17H2,(H2,29,33)(H,31,37).